The van der Waals surface area contributed by atoms with Gasteiger partial charge in [0.05, 0.1) is 22.6 Å². The van der Waals surface area contributed by atoms with Crippen molar-refractivity contribution in [3.8, 4) is 5.75 Å². The van der Waals surface area contributed by atoms with E-state index in [0.29, 0.717) is 44.9 Å². The van der Waals surface area contributed by atoms with Gasteiger partial charge in [0.15, 0.2) is 5.00 Å². The molecule has 2 atom stereocenters. The van der Waals surface area contributed by atoms with Crippen molar-refractivity contribution in [1.82, 2.24) is 4.98 Å². The molecular weight excluding hydrogens is 653 g/mol. The first-order valence-electron chi connectivity index (χ1n) is 18.8. The molecule has 0 aliphatic heterocycles. The minimum atomic E-state index is -0.420. The van der Waals surface area contributed by atoms with Gasteiger partial charge in [0.1, 0.15) is 5.75 Å². The van der Waals surface area contributed by atoms with Gasteiger partial charge in [-0.15, -0.1) is 20.5 Å². The van der Waals surface area contributed by atoms with Crippen LogP contribution in [0.1, 0.15) is 120 Å². The fourth-order valence-electron chi connectivity index (χ4n) is 5.94. The van der Waals surface area contributed by atoms with Crippen molar-refractivity contribution < 1.29 is 9.53 Å². The molecule has 0 N–H and O–H groups in total. The number of unbranched alkanes of at least 4 members (excludes halogenated alkanes) is 2. The quantitative estimate of drug-likeness (QED) is 0.0519. The van der Waals surface area contributed by atoms with Crippen LogP contribution in [0.15, 0.2) is 93.3 Å². The number of ether oxygens (including phenoxy) is 1. The van der Waals surface area contributed by atoms with E-state index in [2.05, 4.69) is 96.1 Å². The SMILES string of the molecule is CCCCC(CC)CN(CC(CC)CCCC)c1ccc(N=Nc2nc(C)c(N=Nc3ccc(C(=O)Oc4ccc(C(C)C)cc4)cc3)s2)cc1. The second kappa shape index (κ2) is 20.6. The number of benzene rings is 3. The largest absolute Gasteiger partial charge is 0.423 e. The third kappa shape index (κ3) is 12.5. The Labute approximate surface area is 309 Å². The number of hydrogen-bond acceptors (Lipinski definition) is 9. The summed E-state index contributed by atoms with van der Waals surface area (Å²) in [5.41, 5.74) is 5.02. The van der Waals surface area contributed by atoms with E-state index < -0.39 is 5.97 Å². The molecule has 1 heterocycles. The Morgan fingerprint density at radius 1 is 0.745 bits per heavy atom. The first-order valence-corrected chi connectivity index (χ1v) is 19.6. The minimum Gasteiger partial charge on any atom is -0.423 e. The highest BCUT2D eigenvalue weighted by atomic mass is 32.1. The van der Waals surface area contributed by atoms with Crippen LogP contribution in [-0.2, 0) is 0 Å². The van der Waals surface area contributed by atoms with Crippen molar-refractivity contribution in [1.29, 1.82) is 0 Å². The molecule has 0 aliphatic rings. The predicted molar refractivity (Wildman–Crippen MR) is 212 cm³/mol. The third-order valence-corrected chi connectivity index (χ3v) is 10.3. The van der Waals surface area contributed by atoms with Crippen LogP contribution in [-0.4, -0.2) is 24.0 Å². The maximum absolute atomic E-state index is 12.6. The molecule has 0 aliphatic carbocycles. The zero-order chi connectivity index (χ0) is 36.6. The molecule has 0 saturated carbocycles. The van der Waals surface area contributed by atoms with Crippen LogP contribution >= 0.6 is 11.3 Å². The number of aromatic nitrogens is 1. The average molecular weight is 709 g/mol. The van der Waals surface area contributed by atoms with Gasteiger partial charge in [-0.05, 0) is 104 Å². The topological polar surface area (TPSA) is 91.9 Å². The minimum absolute atomic E-state index is 0.415. The van der Waals surface area contributed by atoms with Gasteiger partial charge in [-0.25, -0.2) is 9.78 Å². The predicted octanol–water partition coefficient (Wildman–Crippen LogP) is 13.9. The van der Waals surface area contributed by atoms with Crippen LogP contribution in [0.5, 0.6) is 5.75 Å². The smallest absolute Gasteiger partial charge is 0.343 e. The molecule has 4 rings (SSSR count). The molecule has 0 bridgehead atoms. The highest BCUT2D eigenvalue weighted by Gasteiger charge is 2.18. The van der Waals surface area contributed by atoms with Crippen molar-refractivity contribution in [3.05, 3.63) is 89.6 Å². The number of azo groups is 2. The first kappa shape index (κ1) is 39.5. The number of nitrogens with zero attached hydrogens (tertiary/aromatic N) is 6. The number of esters is 1. The lowest BCUT2D eigenvalue weighted by Gasteiger charge is -2.32. The molecule has 0 radical (unpaired) electrons. The van der Waals surface area contributed by atoms with Gasteiger partial charge in [0.25, 0.3) is 0 Å². The summed E-state index contributed by atoms with van der Waals surface area (Å²) in [6.45, 7) is 17.6. The molecule has 0 fully saturated rings. The summed E-state index contributed by atoms with van der Waals surface area (Å²) in [6.07, 6.45) is 10.1. The van der Waals surface area contributed by atoms with Crippen LogP contribution < -0.4 is 9.64 Å². The number of anilines is 1. The van der Waals surface area contributed by atoms with Crippen molar-refractivity contribution in [2.75, 3.05) is 18.0 Å². The summed E-state index contributed by atoms with van der Waals surface area (Å²) >= 11 is 1.34. The Kier molecular flexibility index (Phi) is 15.9. The van der Waals surface area contributed by atoms with Crippen molar-refractivity contribution in [2.45, 2.75) is 106 Å². The van der Waals surface area contributed by atoms with Crippen LogP contribution in [0, 0.1) is 18.8 Å². The van der Waals surface area contributed by atoms with Crippen LogP contribution in [0.4, 0.5) is 27.2 Å². The fraction of sp³-hybridized carbons (Fsp3) is 0.476. The molecule has 0 saturated heterocycles. The number of hydrogen-bond donors (Lipinski definition) is 0. The molecule has 4 aromatic rings. The van der Waals surface area contributed by atoms with E-state index in [1.165, 1.54) is 74.0 Å². The number of aryl methyl sites for hydroxylation is 1. The summed E-state index contributed by atoms with van der Waals surface area (Å²) < 4.78 is 5.53. The molecule has 2 unspecified atom stereocenters. The molecular formula is C42H56N6O2S. The fourth-order valence-corrected chi connectivity index (χ4v) is 6.65. The number of carbonyl (C=O) groups is 1. The normalized spacial score (nSPS) is 12.9. The lowest BCUT2D eigenvalue weighted by molar-refractivity contribution is 0.0734. The number of thiazole rings is 1. The van der Waals surface area contributed by atoms with Crippen molar-refractivity contribution >= 4 is 44.5 Å². The Morgan fingerprint density at radius 2 is 1.29 bits per heavy atom. The van der Waals surface area contributed by atoms with Crippen molar-refractivity contribution in [2.24, 2.45) is 32.3 Å². The molecule has 1 aromatic heterocycles. The Morgan fingerprint density at radius 3 is 1.82 bits per heavy atom. The summed E-state index contributed by atoms with van der Waals surface area (Å²) in [7, 11) is 0. The summed E-state index contributed by atoms with van der Waals surface area (Å²) in [5, 5.41) is 18.9. The molecule has 0 amide bonds. The highest BCUT2D eigenvalue weighted by Crippen LogP contribution is 2.35. The second-order valence-electron chi connectivity index (χ2n) is 13.7. The third-order valence-electron chi connectivity index (χ3n) is 9.39. The summed E-state index contributed by atoms with van der Waals surface area (Å²) in [5.74, 6) is 1.92. The standard InChI is InChI=1S/C42H56N6O2S/c1-8-12-14-32(10-3)28-48(29-33(11-4)15-13-9-2)38-24-22-37(23-25-38)45-47-42-43-31(7)40(51-42)46-44-36-20-16-35(17-21-36)41(49)50-39-26-18-34(19-27-39)30(5)6/h16-27,30,32-33H,8-15,28-29H2,1-7H3. The van der Waals surface area contributed by atoms with Gasteiger partial charge in [-0.3, -0.25) is 0 Å². The average Bonchev–Trinajstić information content (AvgIpc) is 3.51. The van der Waals surface area contributed by atoms with E-state index in [4.69, 9.17) is 4.74 Å². The zero-order valence-electron chi connectivity index (χ0n) is 31.6. The molecule has 272 valence electrons. The molecule has 51 heavy (non-hydrogen) atoms. The Balaban J connectivity index is 1.38. The van der Waals surface area contributed by atoms with Crippen LogP contribution in [0.2, 0.25) is 0 Å². The molecule has 9 heteroatoms. The van der Waals surface area contributed by atoms with Crippen LogP contribution in [0.25, 0.3) is 0 Å². The van der Waals surface area contributed by atoms with Gasteiger partial charge in [-0.1, -0.05) is 104 Å². The number of rotatable bonds is 20. The van der Waals surface area contributed by atoms with Crippen LogP contribution in [0.3, 0.4) is 0 Å². The van der Waals surface area contributed by atoms with Gasteiger partial charge in [-0.2, -0.15) is 0 Å². The lowest BCUT2D eigenvalue weighted by Crippen LogP contribution is -2.34. The monoisotopic (exact) mass is 708 g/mol. The molecule has 0 spiro atoms. The molecule has 3 aromatic carbocycles. The van der Waals surface area contributed by atoms with E-state index in [1.54, 1.807) is 24.3 Å². The zero-order valence-corrected chi connectivity index (χ0v) is 32.5. The van der Waals surface area contributed by atoms with Gasteiger partial charge >= 0.3 is 5.97 Å². The van der Waals surface area contributed by atoms with E-state index >= 15 is 0 Å². The van der Waals surface area contributed by atoms with Crippen molar-refractivity contribution in [3.63, 3.8) is 0 Å². The number of carbonyl (C=O) groups excluding carboxylic acids is 1. The van der Waals surface area contributed by atoms with Gasteiger partial charge < -0.3 is 9.64 Å². The maximum atomic E-state index is 12.6. The van der Waals surface area contributed by atoms with E-state index in [1.807, 2.05) is 31.2 Å². The lowest BCUT2D eigenvalue weighted by atomic mass is 9.95. The summed E-state index contributed by atoms with van der Waals surface area (Å²) in [4.78, 5) is 19.8. The summed E-state index contributed by atoms with van der Waals surface area (Å²) in [6, 6.07) is 22.9. The maximum Gasteiger partial charge on any atom is 0.343 e. The van der Waals surface area contributed by atoms with E-state index in [9.17, 15) is 4.79 Å². The van der Waals surface area contributed by atoms with E-state index in [-0.39, 0.29) is 0 Å². The molecule has 8 nitrogen and oxygen atoms in total. The Hall–Kier alpha value is -4.24. The van der Waals surface area contributed by atoms with Gasteiger partial charge in [0, 0.05) is 18.8 Å². The van der Waals surface area contributed by atoms with E-state index in [0.717, 1.165) is 24.5 Å². The second-order valence-corrected chi connectivity index (χ2v) is 14.7. The first-order chi connectivity index (χ1) is 24.7. The Bertz CT molecular complexity index is 1660. The highest BCUT2D eigenvalue weighted by molar-refractivity contribution is 7.19. The van der Waals surface area contributed by atoms with Gasteiger partial charge in [0.2, 0.25) is 5.13 Å².